The molecule has 3 aromatic rings. The Labute approximate surface area is 175 Å². The fourth-order valence-electron chi connectivity index (χ4n) is 2.95. The highest BCUT2D eigenvalue weighted by Crippen LogP contribution is 2.29. The molecule has 142 valence electrons. The third-order valence-corrected chi connectivity index (χ3v) is 5.19. The van der Waals surface area contributed by atoms with Crippen LogP contribution in [0.2, 0.25) is 15.1 Å². The van der Waals surface area contributed by atoms with E-state index in [0.29, 0.717) is 15.1 Å². The van der Waals surface area contributed by atoms with Crippen molar-refractivity contribution >= 4 is 34.8 Å². The highest BCUT2D eigenvalue weighted by atomic mass is 35.5. The van der Waals surface area contributed by atoms with Gasteiger partial charge >= 0.3 is 0 Å². The molecule has 27 heavy (non-hydrogen) atoms. The Bertz CT molecular complexity index is 888. The molecule has 0 saturated carbocycles. The minimum absolute atomic E-state index is 0.539. The van der Waals surface area contributed by atoms with Crippen LogP contribution in [0, 0.1) is 0 Å². The number of rotatable bonds is 8. The molecule has 2 aromatic carbocycles. The van der Waals surface area contributed by atoms with E-state index in [1.165, 1.54) is 25.7 Å². The van der Waals surface area contributed by atoms with Crippen molar-refractivity contribution in [3.05, 3.63) is 63.4 Å². The molecule has 1 aromatic heterocycles. The Kier molecular flexibility index (Phi) is 7.17. The van der Waals surface area contributed by atoms with Gasteiger partial charge in [-0.2, -0.15) is 5.10 Å². The summed E-state index contributed by atoms with van der Waals surface area (Å²) < 4.78 is 1.79. The quantitative estimate of drug-likeness (QED) is 0.354. The zero-order valence-corrected chi connectivity index (χ0v) is 17.5. The molecule has 0 aliphatic carbocycles. The predicted octanol–water partition coefficient (Wildman–Crippen LogP) is 7.41. The second-order valence-electron chi connectivity index (χ2n) is 6.53. The van der Waals surface area contributed by atoms with Gasteiger partial charge in [-0.1, -0.05) is 67.4 Å². The highest BCUT2D eigenvalue weighted by molar-refractivity contribution is 6.35. The lowest BCUT2D eigenvalue weighted by atomic mass is 10.1. The van der Waals surface area contributed by atoms with Crippen LogP contribution >= 0.6 is 34.8 Å². The van der Waals surface area contributed by atoms with Crippen LogP contribution in [0.3, 0.4) is 0 Å². The third kappa shape index (κ3) is 5.25. The molecule has 6 heteroatoms. The van der Waals surface area contributed by atoms with E-state index in [1.807, 2.05) is 30.3 Å². The number of nitrogens with zero attached hydrogens (tertiary/aromatic N) is 3. The smallest absolute Gasteiger partial charge is 0.163 e. The average molecular weight is 423 g/mol. The molecular formula is C21H22Cl3N3. The van der Waals surface area contributed by atoms with Crippen LogP contribution in [-0.4, -0.2) is 14.8 Å². The van der Waals surface area contributed by atoms with Crippen LogP contribution in [0.5, 0.6) is 0 Å². The van der Waals surface area contributed by atoms with E-state index >= 15 is 0 Å². The number of unbranched alkanes of at least 4 members (excludes halogenated alkanes) is 4. The first-order chi connectivity index (χ1) is 13.1. The molecular weight excluding hydrogens is 401 g/mol. The molecule has 0 radical (unpaired) electrons. The van der Waals surface area contributed by atoms with Crippen molar-refractivity contribution in [1.82, 2.24) is 14.8 Å². The molecule has 0 amide bonds. The van der Waals surface area contributed by atoms with E-state index in [1.54, 1.807) is 16.8 Å². The molecule has 0 atom stereocenters. The second kappa shape index (κ2) is 9.59. The summed E-state index contributed by atoms with van der Waals surface area (Å²) in [6, 6.07) is 13.0. The molecule has 0 aliphatic heterocycles. The van der Waals surface area contributed by atoms with Gasteiger partial charge in [0.2, 0.25) is 0 Å². The van der Waals surface area contributed by atoms with E-state index in [0.717, 1.165) is 35.7 Å². The topological polar surface area (TPSA) is 30.7 Å². The highest BCUT2D eigenvalue weighted by Gasteiger charge is 2.16. The molecule has 0 fully saturated rings. The van der Waals surface area contributed by atoms with Crippen LogP contribution in [0.1, 0.15) is 44.9 Å². The minimum Gasteiger partial charge on any atom is -0.211 e. The standard InChI is InChI=1S/C21H22Cl3N3/c1-2-3-4-5-6-7-20-25-21(15-8-10-16(22)11-9-15)27(26-20)19-13-12-17(23)14-18(19)24/h8-14H,2-7H2,1H3. The van der Waals surface area contributed by atoms with Gasteiger partial charge in [-0.3, -0.25) is 0 Å². The minimum atomic E-state index is 0.539. The molecule has 3 rings (SSSR count). The Morgan fingerprint density at radius 2 is 1.56 bits per heavy atom. The molecule has 0 spiro atoms. The van der Waals surface area contributed by atoms with E-state index in [-0.39, 0.29) is 0 Å². The van der Waals surface area contributed by atoms with Crippen molar-refractivity contribution in [2.45, 2.75) is 45.4 Å². The first kappa shape index (κ1) is 20.2. The van der Waals surface area contributed by atoms with Gasteiger partial charge in [-0.05, 0) is 48.9 Å². The van der Waals surface area contributed by atoms with Gasteiger partial charge in [0.05, 0.1) is 10.7 Å². The van der Waals surface area contributed by atoms with Gasteiger partial charge in [0.1, 0.15) is 0 Å². The van der Waals surface area contributed by atoms with Crippen LogP contribution < -0.4 is 0 Å². The SMILES string of the molecule is CCCCCCCc1nc(-c2ccc(Cl)cc2)n(-c2ccc(Cl)cc2Cl)n1. The van der Waals surface area contributed by atoms with Crippen LogP contribution in [-0.2, 0) is 6.42 Å². The van der Waals surface area contributed by atoms with Crippen LogP contribution in [0.15, 0.2) is 42.5 Å². The fourth-order valence-corrected chi connectivity index (χ4v) is 3.57. The van der Waals surface area contributed by atoms with Crippen molar-refractivity contribution in [3.8, 4) is 17.1 Å². The van der Waals surface area contributed by atoms with E-state index in [2.05, 4.69) is 6.92 Å². The number of hydrogen-bond acceptors (Lipinski definition) is 2. The van der Waals surface area contributed by atoms with Crippen molar-refractivity contribution < 1.29 is 0 Å². The fraction of sp³-hybridized carbons (Fsp3) is 0.333. The van der Waals surface area contributed by atoms with E-state index in [4.69, 9.17) is 44.9 Å². The maximum atomic E-state index is 6.43. The van der Waals surface area contributed by atoms with Gasteiger partial charge in [-0.25, -0.2) is 9.67 Å². The normalized spacial score (nSPS) is 11.1. The molecule has 0 unspecified atom stereocenters. The lowest BCUT2D eigenvalue weighted by Crippen LogP contribution is -2.01. The first-order valence-electron chi connectivity index (χ1n) is 9.26. The summed E-state index contributed by atoms with van der Waals surface area (Å²) in [5, 5.41) is 6.55. The number of benzene rings is 2. The van der Waals surface area contributed by atoms with Gasteiger partial charge in [0, 0.05) is 22.0 Å². The zero-order valence-electron chi connectivity index (χ0n) is 15.3. The molecule has 1 heterocycles. The van der Waals surface area contributed by atoms with E-state index < -0.39 is 0 Å². The molecule has 3 nitrogen and oxygen atoms in total. The lowest BCUT2D eigenvalue weighted by molar-refractivity contribution is 0.621. The largest absolute Gasteiger partial charge is 0.211 e. The average Bonchev–Trinajstić information content (AvgIpc) is 3.06. The monoisotopic (exact) mass is 421 g/mol. The maximum Gasteiger partial charge on any atom is 0.163 e. The Morgan fingerprint density at radius 1 is 0.852 bits per heavy atom. The van der Waals surface area contributed by atoms with Gasteiger partial charge in [0.25, 0.3) is 0 Å². The van der Waals surface area contributed by atoms with Crippen molar-refractivity contribution in [3.63, 3.8) is 0 Å². The van der Waals surface area contributed by atoms with Crippen molar-refractivity contribution in [2.75, 3.05) is 0 Å². The van der Waals surface area contributed by atoms with Crippen LogP contribution in [0.4, 0.5) is 0 Å². The Hall–Kier alpha value is -1.55. The number of hydrogen-bond donors (Lipinski definition) is 0. The summed E-state index contributed by atoms with van der Waals surface area (Å²) >= 11 is 18.5. The van der Waals surface area contributed by atoms with Gasteiger partial charge in [0.15, 0.2) is 11.6 Å². The van der Waals surface area contributed by atoms with Crippen molar-refractivity contribution in [2.24, 2.45) is 0 Å². The summed E-state index contributed by atoms with van der Waals surface area (Å²) in [4.78, 5) is 4.78. The third-order valence-electron chi connectivity index (χ3n) is 4.40. The molecule has 0 N–H and O–H groups in total. The molecule has 0 aliphatic rings. The lowest BCUT2D eigenvalue weighted by Gasteiger charge is -2.08. The summed E-state index contributed by atoms with van der Waals surface area (Å²) in [5.74, 6) is 1.57. The Morgan fingerprint density at radius 3 is 2.26 bits per heavy atom. The molecule has 0 bridgehead atoms. The predicted molar refractivity (Wildman–Crippen MR) is 114 cm³/mol. The first-order valence-corrected chi connectivity index (χ1v) is 10.4. The number of halogens is 3. The zero-order chi connectivity index (χ0) is 19.2. The summed E-state index contributed by atoms with van der Waals surface area (Å²) in [7, 11) is 0. The Balaban J connectivity index is 1.93. The summed E-state index contributed by atoms with van der Waals surface area (Å²) in [5.41, 5.74) is 1.70. The second-order valence-corrected chi connectivity index (χ2v) is 7.81. The number of aromatic nitrogens is 3. The van der Waals surface area contributed by atoms with Gasteiger partial charge < -0.3 is 0 Å². The number of aryl methyl sites for hydroxylation is 1. The maximum absolute atomic E-state index is 6.43. The van der Waals surface area contributed by atoms with E-state index in [9.17, 15) is 0 Å². The summed E-state index contributed by atoms with van der Waals surface area (Å²) in [6.07, 6.45) is 6.90. The molecule has 0 saturated heterocycles. The van der Waals surface area contributed by atoms with Gasteiger partial charge in [-0.15, -0.1) is 0 Å². The summed E-state index contributed by atoms with van der Waals surface area (Å²) in [6.45, 7) is 2.22. The van der Waals surface area contributed by atoms with Crippen molar-refractivity contribution in [1.29, 1.82) is 0 Å². The van der Waals surface area contributed by atoms with Crippen LogP contribution in [0.25, 0.3) is 17.1 Å².